The standard InChI is InChI=1S/C20H17BrCl2FNO3/c21-14-2-4-18(17(24)10-14)28-11-19(26)25-7-5-12(6-8-25)20(27)13-1-3-15(22)16(23)9-13/h1-4,9-10,12H,5-8,11H2. The van der Waals surface area contributed by atoms with Crippen molar-refractivity contribution in [3.63, 3.8) is 0 Å². The van der Waals surface area contributed by atoms with Crippen LogP contribution in [0.3, 0.4) is 0 Å². The second-order valence-corrected chi connectivity index (χ2v) is 8.24. The van der Waals surface area contributed by atoms with Gasteiger partial charge in [0.2, 0.25) is 0 Å². The average Bonchev–Trinajstić information content (AvgIpc) is 2.69. The Hall–Kier alpha value is -1.63. The Labute approximate surface area is 180 Å². The number of ketones is 1. The van der Waals surface area contributed by atoms with Gasteiger partial charge in [0, 0.05) is 29.0 Å². The zero-order valence-electron chi connectivity index (χ0n) is 14.8. The van der Waals surface area contributed by atoms with Crippen LogP contribution in [-0.2, 0) is 4.79 Å². The molecule has 3 rings (SSSR count). The van der Waals surface area contributed by atoms with Gasteiger partial charge >= 0.3 is 0 Å². The van der Waals surface area contributed by atoms with Gasteiger partial charge < -0.3 is 9.64 Å². The second-order valence-electron chi connectivity index (χ2n) is 6.51. The summed E-state index contributed by atoms with van der Waals surface area (Å²) in [5, 5.41) is 0.748. The zero-order chi connectivity index (χ0) is 20.3. The number of hydrogen-bond acceptors (Lipinski definition) is 3. The Morgan fingerprint density at radius 1 is 1.11 bits per heavy atom. The van der Waals surface area contributed by atoms with E-state index in [-0.39, 0.29) is 30.0 Å². The highest BCUT2D eigenvalue weighted by atomic mass is 79.9. The summed E-state index contributed by atoms with van der Waals surface area (Å²) in [6, 6.07) is 9.23. The highest BCUT2D eigenvalue weighted by Gasteiger charge is 2.28. The summed E-state index contributed by atoms with van der Waals surface area (Å²) in [7, 11) is 0. The smallest absolute Gasteiger partial charge is 0.260 e. The first-order valence-corrected chi connectivity index (χ1v) is 10.2. The fourth-order valence-corrected chi connectivity index (χ4v) is 3.73. The number of benzene rings is 2. The van der Waals surface area contributed by atoms with Gasteiger partial charge in [-0.3, -0.25) is 9.59 Å². The molecule has 1 fully saturated rings. The number of rotatable bonds is 5. The molecule has 2 aromatic rings. The van der Waals surface area contributed by atoms with Crippen LogP contribution in [0.1, 0.15) is 23.2 Å². The van der Waals surface area contributed by atoms with Crippen LogP contribution in [0.5, 0.6) is 5.75 Å². The van der Waals surface area contributed by atoms with Gasteiger partial charge in [0.1, 0.15) is 0 Å². The van der Waals surface area contributed by atoms with Crippen molar-refractivity contribution in [2.75, 3.05) is 19.7 Å². The summed E-state index contributed by atoms with van der Waals surface area (Å²) < 4.78 is 19.7. The topological polar surface area (TPSA) is 46.6 Å². The summed E-state index contributed by atoms with van der Waals surface area (Å²) in [5.74, 6) is -0.915. The van der Waals surface area contributed by atoms with Gasteiger partial charge in [-0.15, -0.1) is 0 Å². The lowest BCUT2D eigenvalue weighted by molar-refractivity contribution is -0.134. The van der Waals surface area contributed by atoms with Crippen molar-refractivity contribution in [2.24, 2.45) is 5.92 Å². The Morgan fingerprint density at radius 2 is 1.82 bits per heavy atom. The molecule has 8 heteroatoms. The van der Waals surface area contributed by atoms with Crippen molar-refractivity contribution in [2.45, 2.75) is 12.8 Å². The van der Waals surface area contributed by atoms with E-state index in [9.17, 15) is 14.0 Å². The minimum Gasteiger partial charge on any atom is -0.481 e. The molecular formula is C20H17BrCl2FNO3. The first kappa shape index (κ1) is 21.1. The number of ether oxygens (including phenoxy) is 1. The van der Waals surface area contributed by atoms with E-state index in [1.165, 1.54) is 12.1 Å². The van der Waals surface area contributed by atoms with Gasteiger partial charge in [-0.2, -0.15) is 0 Å². The lowest BCUT2D eigenvalue weighted by atomic mass is 9.89. The van der Waals surface area contributed by atoms with E-state index in [4.69, 9.17) is 27.9 Å². The predicted molar refractivity (Wildman–Crippen MR) is 110 cm³/mol. The number of piperidine rings is 1. The van der Waals surface area contributed by atoms with Gasteiger partial charge in [-0.05, 0) is 49.2 Å². The maximum Gasteiger partial charge on any atom is 0.260 e. The molecule has 0 atom stereocenters. The van der Waals surface area contributed by atoms with E-state index in [0.29, 0.717) is 46.0 Å². The van der Waals surface area contributed by atoms with Gasteiger partial charge in [0.15, 0.2) is 24.0 Å². The van der Waals surface area contributed by atoms with Crippen molar-refractivity contribution < 1.29 is 18.7 Å². The first-order valence-electron chi connectivity index (χ1n) is 8.70. The molecule has 0 aliphatic carbocycles. The lowest BCUT2D eigenvalue weighted by Gasteiger charge is -2.31. The molecule has 148 valence electrons. The molecule has 4 nitrogen and oxygen atoms in total. The molecule has 0 N–H and O–H groups in total. The van der Waals surface area contributed by atoms with E-state index in [0.717, 1.165) is 0 Å². The fourth-order valence-electron chi connectivity index (χ4n) is 3.10. The largest absolute Gasteiger partial charge is 0.481 e. The van der Waals surface area contributed by atoms with Gasteiger partial charge in [0.25, 0.3) is 5.91 Å². The van der Waals surface area contributed by atoms with Crippen LogP contribution in [0.25, 0.3) is 0 Å². The molecule has 0 spiro atoms. The second kappa shape index (κ2) is 9.25. The number of halogens is 4. The summed E-state index contributed by atoms with van der Waals surface area (Å²) >= 11 is 15.0. The number of Topliss-reactive ketones (excluding diaryl/α,β-unsaturated/α-hetero) is 1. The molecular weight excluding hydrogens is 472 g/mol. The molecule has 1 saturated heterocycles. The van der Waals surface area contributed by atoms with E-state index in [1.54, 1.807) is 29.2 Å². The minimum atomic E-state index is -0.534. The Balaban J connectivity index is 1.52. The normalized spacial score (nSPS) is 14.8. The summed E-state index contributed by atoms with van der Waals surface area (Å²) in [6.07, 6.45) is 1.11. The SMILES string of the molecule is O=C(c1ccc(Cl)c(Cl)c1)C1CCN(C(=O)COc2ccc(Br)cc2F)CC1. The summed E-state index contributed by atoms with van der Waals surface area (Å²) in [6.45, 7) is 0.648. The van der Waals surface area contributed by atoms with E-state index in [1.807, 2.05) is 0 Å². The predicted octanol–water partition coefficient (Wildman–Crippen LogP) is 5.40. The zero-order valence-corrected chi connectivity index (χ0v) is 17.9. The summed E-state index contributed by atoms with van der Waals surface area (Å²) in [4.78, 5) is 26.6. The highest BCUT2D eigenvalue weighted by molar-refractivity contribution is 9.10. The number of carbonyl (C=O) groups is 2. The monoisotopic (exact) mass is 487 g/mol. The third kappa shape index (κ3) is 5.04. The molecule has 0 radical (unpaired) electrons. The van der Waals surface area contributed by atoms with Crippen molar-refractivity contribution in [1.82, 2.24) is 4.90 Å². The van der Waals surface area contributed by atoms with Gasteiger partial charge in [-0.25, -0.2) is 4.39 Å². The van der Waals surface area contributed by atoms with Crippen LogP contribution >= 0.6 is 39.1 Å². The fraction of sp³-hybridized carbons (Fsp3) is 0.300. The van der Waals surface area contributed by atoms with Crippen LogP contribution in [0.4, 0.5) is 4.39 Å². The molecule has 2 aromatic carbocycles. The van der Waals surface area contributed by atoms with E-state index >= 15 is 0 Å². The number of nitrogens with zero attached hydrogens (tertiary/aromatic N) is 1. The minimum absolute atomic E-state index is 0.00107. The summed E-state index contributed by atoms with van der Waals surface area (Å²) in [5.41, 5.74) is 0.522. The maximum atomic E-state index is 13.8. The molecule has 0 aromatic heterocycles. The van der Waals surface area contributed by atoms with E-state index < -0.39 is 5.82 Å². The highest BCUT2D eigenvalue weighted by Crippen LogP contribution is 2.27. The quantitative estimate of drug-likeness (QED) is 0.529. The molecule has 0 unspecified atom stereocenters. The lowest BCUT2D eigenvalue weighted by Crippen LogP contribution is -2.42. The van der Waals surface area contributed by atoms with Gasteiger partial charge in [0.05, 0.1) is 10.0 Å². The van der Waals surface area contributed by atoms with Crippen LogP contribution in [-0.4, -0.2) is 36.3 Å². The molecule has 1 aliphatic rings. The first-order chi connectivity index (χ1) is 13.3. The number of hydrogen-bond donors (Lipinski definition) is 0. The van der Waals surface area contributed by atoms with Crippen molar-refractivity contribution >= 4 is 50.8 Å². The van der Waals surface area contributed by atoms with Crippen molar-refractivity contribution in [3.8, 4) is 5.75 Å². The molecule has 1 heterocycles. The number of likely N-dealkylation sites (tertiary alicyclic amines) is 1. The molecule has 1 aliphatic heterocycles. The third-order valence-electron chi connectivity index (χ3n) is 4.67. The van der Waals surface area contributed by atoms with Crippen molar-refractivity contribution in [1.29, 1.82) is 0 Å². The molecule has 1 amide bonds. The third-order valence-corrected chi connectivity index (χ3v) is 5.90. The number of carbonyl (C=O) groups excluding carboxylic acids is 2. The van der Waals surface area contributed by atoms with Crippen LogP contribution in [0.15, 0.2) is 40.9 Å². The average molecular weight is 489 g/mol. The Morgan fingerprint density at radius 3 is 2.46 bits per heavy atom. The molecule has 0 saturated carbocycles. The van der Waals surface area contributed by atoms with Crippen molar-refractivity contribution in [3.05, 3.63) is 62.3 Å². The Bertz CT molecular complexity index is 901. The molecule has 0 bridgehead atoms. The van der Waals surface area contributed by atoms with Crippen LogP contribution in [0.2, 0.25) is 10.0 Å². The van der Waals surface area contributed by atoms with E-state index in [2.05, 4.69) is 15.9 Å². The molecule has 28 heavy (non-hydrogen) atoms. The Kier molecular flexibility index (Phi) is 6.96. The van der Waals surface area contributed by atoms with Crippen LogP contribution < -0.4 is 4.74 Å². The maximum absolute atomic E-state index is 13.8. The van der Waals surface area contributed by atoms with Crippen LogP contribution in [0, 0.1) is 11.7 Å². The van der Waals surface area contributed by atoms with Gasteiger partial charge in [-0.1, -0.05) is 39.1 Å². The number of amides is 1.